The van der Waals surface area contributed by atoms with Gasteiger partial charge in [-0.15, -0.1) is 0 Å². The Morgan fingerprint density at radius 3 is 1.04 bits per heavy atom. The van der Waals surface area contributed by atoms with Crippen LogP contribution in [0.5, 0.6) is 0 Å². The van der Waals surface area contributed by atoms with Gasteiger partial charge in [0.05, 0.1) is 0 Å². The fraction of sp³-hybridized carbons (Fsp3) is 0.389. The molecule has 0 fully saturated rings. The van der Waals surface area contributed by atoms with Gasteiger partial charge in [-0.2, -0.15) is 0 Å². The van der Waals surface area contributed by atoms with E-state index in [-0.39, 0.29) is 54.1 Å². The molecule has 0 aliphatic heterocycles. The molecule has 0 aromatic heterocycles. The van der Waals surface area contributed by atoms with Crippen LogP contribution >= 0.6 is 0 Å². The standard InChI is InChI=1S/C108H120/c1-99(2,3)63-41-43-75-83(57-63)107(25,26)85-59-69(105(19,20)21)55-81(89(75)85)91-73-37-33-31-29-30-32-34-38-74(73)92(82-56-70(106(22,23)24)60-86-90(82)76-44-42-64(100(4,5)6)58-84(76)108(86,27)28)98-80-48-46-78-93-77(45-47-79(94(80)93)97(91)98)95-87(61-49-65(101(7,8)9)53-66(50-61)102(10,11)12)71-39-35-36-40-72(71)88(96(78)95)62-51-67(103(13,14)15)54-68(52-62)104(16,17)18/h29-41,43,45-56,58-60,83H,42,44,57H2,1-28H3. The highest BCUT2D eigenvalue weighted by Crippen LogP contribution is 2.62. The van der Waals surface area contributed by atoms with Crippen molar-refractivity contribution in [2.75, 3.05) is 0 Å². The molecule has 10 aromatic carbocycles. The third kappa shape index (κ3) is 11.4. The highest BCUT2D eigenvalue weighted by Gasteiger charge is 2.48. The molecule has 0 amide bonds. The average molecular weight is 1420 g/mol. The van der Waals surface area contributed by atoms with Gasteiger partial charge < -0.3 is 0 Å². The molecule has 0 saturated carbocycles. The molecular weight excluding hydrogens is 1300 g/mol. The van der Waals surface area contributed by atoms with E-state index in [9.17, 15) is 0 Å². The maximum Gasteiger partial charge on any atom is 0.0155 e. The minimum atomic E-state index is -0.240. The van der Waals surface area contributed by atoms with Crippen molar-refractivity contribution in [1.82, 2.24) is 0 Å². The maximum atomic E-state index is 2.69. The van der Waals surface area contributed by atoms with Crippen molar-refractivity contribution < 1.29 is 0 Å². The lowest BCUT2D eigenvalue weighted by atomic mass is 9.69. The van der Waals surface area contributed by atoms with E-state index in [0.717, 1.165) is 19.3 Å². The van der Waals surface area contributed by atoms with Gasteiger partial charge in [0.1, 0.15) is 0 Å². The lowest BCUT2D eigenvalue weighted by Gasteiger charge is -2.35. The number of allylic oxidation sites excluding steroid dienone is 8. The topological polar surface area (TPSA) is 0 Å². The van der Waals surface area contributed by atoms with Crippen LogP contribution < -0.4 is 0 Å². The Labute approximate surface area is 647 Å². The Morgan fingerprint density at radius 2 is 0.648 bits per heavy atom. The quantitative estimate of drug-likeness (QED) is 0.165. The first kappa shape index (κ1) is 73.6. The second-order valence-electron chi connectivity index (χ2n) is 42.9. The van der Waals surface area contributed by atoms with Gasteiger partial charge >= 0.3 is 0 Å². The van der Waals surface area contributed by atoms with Crippen molar-refractivity contribution in [2.45, 2.75) is 256 Å². The highest BCUT2D eigenvalue weighted by molar-refractivity contribution is 6.12. The normalized spacial score (nSPS) is 17.1. The van der Waals surface area contributed by atoms with Gasteiger partial charge in [-0.1, -0.05) is 369 Å². The van der Waals surface area contributed by atoms with Crippen molar-refractivity contribution in [3.05, 3.63) is 290 Å². The van der Waals surface area contributed by atoms with Crippen molar-refractivity contribution >= 4 is 43.5 Å². The number of hydrogen-bond acceptors (Lipinski definition) is 0. The van der Waals surface area contributed by atoms with Crippen LogP contribution in [0.1, 0.15) is 269 Å². The summed E-state index contributed by atoms with van der Waals surface area (Å²) in [7, 11) is 0. The minimum absolute atomic E-state index is 0.0474. The summed E-state index contributed by atoms with van der Waals surface area (Å²) in [6.07, 6.45) is 10.9. The highest BCUT2D eigenvalue weighted by atomic mass is 14.5. The molecule has 16 rings (SSSR count). The fourth-order valence-corrected chi connectivity index (χ4v) is 19.8. The molecule has 10 aromatic rings. The van der Waals surface area contributed by atoms with E-state index in [1.54, 1.807) is 5.57 Å². The van der Waals surface area contributed by atoms with Crippen molar-refractivity contribution in [2.24, 2.45) is 16.7 Å². The molecule has 0 bridgehead atoms. The van der Waals surface area contributed by atoms with Crippen LogP contribution in [-0.2, 0) is 43.3 Å². The lowest BCUT2D eigenvalue weighted by Crippen LogP contribution is -2.27. The molecule has 0 nitrogen and oxygen atoms in total. The summed E-state index contributed by atoms with van der Waals surface area (Å²) in [6.45, 7) is 68.2. The summed E-state index contributed by atoms with van der Waals surface area (Å²) in [6, 6.07) is 64.8. The molecule has 108 heavy (non-hydrogen) atoms. The summed E-state index contributed by atoms with van der Waals surface area (Å²) >= 11 is 0. The van der Waals surface area contributed by atoms with Gasteiger partial charge in [-0.05, 0) is 277 Å². The van der Waals surface area contributed by atoms with Crippen LogP contribution in [0.25, 0.3) is 88.0 Å². The summed E-state index contributed by atoms with van der Waals surface area (Å²) in [5.74, 6) is 0.311. The molecule has 6 aliphatic rings. The molecule has 0 radical (unpaired) electrons. The average Bonchev–Trinajstić information content (AvgIpc) is 1.50. The second kappa shape index (κ2) is 24.0. The van der Waals surface area contributed by atoms with E-state index in [2.05, 4.69) is 370 Å². The number of rotatable bonds is 4. The van der Waals surface area contributed by atoms with Crippen molar-refractivity contribution in [3.63, 3.8) is 0 Å². The number of benzene rings is 9. The summed E-state index contributed by atoms with van der Waals surface area (Å²) < 4.78 is 0. The molecule has 6 aliphatic carbocycles. The summed E-state index contributed by atoms with van der Waals surface area (Å²) in [4.78, 5) is 0. The van der Waals surface area contributed by atoms with Crippen LogP contribution in [0.2, 0.25) is 0 Å². The van der Waals surface area contributed by atoms with Gasteiger partial charge in [0.25, 0.3) is 0 Å². The van der Waals surface area contributed by atoms with Crippen LogP contribution in [0.15, 0.2) is 193 Å². The van der Waals surface area contributed by atoms with Gasteiger partial charge in [-0.3, -0.25) is 0 Å². The van der Waals surface area contributed by atoms with E-state index < -0.39 is 0 Å². The summed E-state index contributed by atoms with van der Waals surface area (Å²) in [5.41, 5.74) is 31.3. The van der Waals surface area contributed by atoms with Gasteiger partial charge in [0.15, 0.2) is 0 Å². The Morgan fingerprint density at radius 1 is 0.306 bits per heavy atom. The fourth-order valence-electron chi connectivity index (χ4n) is 19.8. The lowest BCUT2D eigenvalue weighted by molar-refractivity contribution is 0.372. The molecule has 1 atom stereocenters. The smallest absolute Gasteiger partial charge is 0.0155 e. The summed E-state index contributed by atoms with van der Waals surface area (Å²) in [5, 5.41) is 18.6. The largest absolute Gasteiger partial charge is 0.0642 e. The Hall–Kier alpha value is -8.58. The molecular formula is C108H120. The van der Waals surface area contributed by atoms with E-state index in [4.69, 9.17) is 0 Å². The van der Waals surface area contributed by atoms with Crippen molar-refractivity contribution in [1.29, 1.82) is 0 Å². The maximum absolute atomic E-state index is 2.69. The molecule has 0 saturated heterocycles. The van der Waals surface area contributed by atoms with E-state index in [1.165, 1.54) is 197 Å². The Kier molecular flexibility index (Phi) is 16.3. The van der Waals surface area contributed by atoms with Crippen LogP contribution in [-0.4, -0.2) is 0 Å². The number of fused-ring (bicyclic) bond motifs is 9. The zero-order chi connectivity index (χ0) is 77.6. The first-order chi connectivity index (χ1) is 50.2. The molecule has 552 valence electrons. The van der Waals surface area contributed by atoms with Crippen LogP contribution in [0.4, 0.5) is 0 Å². The van der Waals surface area contributed by atoms with Gasteiger partial charge in [0.2, 0.25) is 0 Å². The SMILES string of the molecule is CC(C)(C)C1=CC2=C(CC1)c1c(-c3c4c(c(-c5cc(C(C)(C)C)cc6c5C5=CC=C(C(C)(C)C)CC5C6(C)C)c5ccccccccc35)=c3ccc5c6c(ccc=4c36)=c3c(-c4cc(C(C)(C)C)cc(C(C)(C)C)c4)c4ccccc4c(-c4cc(C(C)(C)C)cc(C(C)(C)C)c4)c3=5)cc(C(C)(C)C)cc1C2(C)C. The van der Waals surface area contributed by atoms with Gasteiger partial charge in [-0.25, -0.2) is 0 Å². The minimum Gasteiger partial charge on any atom is -0.0642 e. The zero-order valence-corrected chi connectivity index (χ0v) is 70.9. The number of hydrogen-bond donors (Lipinski definition) is 0. The molecule has 0 heterocycles. The molecule has 0 N–H and O–H groups in total. The van der Waals surface area contributed by atoms with E-state index >= 15 is 0 Å². The molecule has 1 unspecified atom stereocenters. The van der Waals surface area contributed by atoms with Gasteiger partial charge in [0, 0.05) is 5.41 Å². The molecule has 0 spiro atoms. The monoisotopic (exact) mass is 1420 g/mol. The molecule has 0 heteroatoms. The van der Waals surface area contributed by atoms with E-state index in [1.807, 2.05) is 0 Å². The Balaban J connectivity index is 1.23. The first-order valence-corrected chi connectivity index (χ1v) is 40.9. The second-order valence-corrected chi connectivity index (χ2v) is 42.9. The van der Waals surface area contributed by atoms with E-state index in [0.29, 0.717) is 5.92 Å². The van der Waals surface area contributed by atoms with Crippen LogP contribution in [0, 0.1) is 58.5 Å². The third-order valence-corrected chi connectivity index (χ3v) is 26.5. The predicted octanol–water partition coefficient (Wildman–Crippen LogP) is 30.0. The van der Waals surface area contributed by atoms with Crippen molar-refractivity contribution in [3.8, 4) is 44.5 Å². The third-order valence-electron chi connectivity index (χ3n) is 26.5. The first-order valence-electron chi connectivity index (χ1n) is 40.9. The predicted molar refractivity (Wildman–Crippen MR) is 467 cm³/mol. The zero-order valence-electron chi connectivity index (χ0n) is 70.9. The van der Waals surface area contributed by atoms with Crippen LogP contribution in [0.3, 0.4) is 0 Å². The Bertz CT molecular complexity index is 5970.